The molecule has 4 aromatic heterocycles. The molecule has 1 aliphatic rings. The number of anilines is 3. The van der Waals surface area contributed by atoms with Crippen LogP contribution in [0.25, 0.3) is 47.5 Å². The van der Waals surface area contributed by atoms with Crippen LogP contribution in [0.4, 0.5) is 17.2 Å². The van der Waals surface area contributed by atoms with Crippen molar-refractivity contribution in [3.63, 3.8) is 0 Å². The van der Waals surface area contributed by atoms with Crippen LogP contribution in [0.15, 0.2) is 182 Å². The molecule has 0 bridgehead atoms. The van der Waals surface area contributed by atoms with Gasteiger partial charge in [0.1, 0.15) is 5.82 Å². The van der Waals surface area contributed by atoms with Gasteiger partial charge in [0.05, 0.1) is 11.3 Å². The fourth-order valence-electron chi connectivity index (χ4n) is 9.13. The van der Waals surface area contributed by atoms with Gasteiger partial charge >= 0.3 is 21.1 Å². The van der Waals surface area contributed by atoms with E-state index in [-0.39, 0.29) is 21.1 Å². The van der Waals surface area contributed by atoms with Crippen molar-refractivity contribution in [2.45, 2.75) is 0 Å². The molecule has 7 aromatic carbocycles. The van der Waals surface area contributed by atoms with Crippen molar-refractivity contribution in [1.82, 2.24) is 14.4 Å². The molecule has 276 valence electrons. The number of thiophene rings is 1. The van der Waals surface area contributed by atoms with Crippen LogP contribution in [-0.4, -0.2) is 22.4 Å². The molecule has 0 radical (unpaired) electrons. The van der Waals surface area contributed by atoms with Gasteiger partial charge in [0.15, 0.2) is 8.07 Å². The van der Waals surface area contributed by atoms with Gasteiger partial charge < -0.3 is 14.0 Å². The van der Waals surface area contributed by atoms with E-state index in [0.29, 0.717) is 11.5 Å². The van der Waals surface area contributed by atoms with Gasteiger partial charge in [-0.05, 0) is 50.4 Å². The predicted octanol–water partition coefficient (Wildman–Crippen LogP) is 9.95. The Labute approximate surface area is 353 Å². The van der Waals surface area contributed by atoms with Crippen molar-refractivity contribution >= 4 is 105 Å². The molecule has 0 spiro atoms. The fourth-order valence-corrected chi connectivity index (χ4v) is 15.3. The Bertz CT molecular complexity index is 3330. The second-order valence-corrected chi connectivity index (χ2v) is 19.2. The third kappa shape index (κ3) is 5.04. The Morgan fingerprint density at radius 2 is 1.29 bits per heavy atom. The molecule has 58 heavy (non-hydrogen) atoms. The number of nitrogens with zero attached hydrogens (tertiary/aromatic N) is 4. The number of pyridine rings is 2. The number of imidazole rings is 1. The molecule has 0 unspecified atom stereocenters. The van der Waals surface area contributed by atoms with E-state index in [0.717, 1.165) is 44.5 Å². The summed E-state index contributed by atoms with van der Waals surface area (Å²) in [6.45, 7) is 0. The van der Waals surface area contributed by atoms with Gasteiger partial charge in [-0.1, -0.05) is 132 Å². The number of benzene rings is 7. The molecule has 0 saturated carbocycles. The number of para-hydroxylation sites is 1. The Morgan fingerprint density at radius 1 is 0.552 bits per heavy atom. The van der Waals surface area contributed by atoms with E-state index in [4.69, 9.17) is 14.7 Å². The average molecular weight is 958 g/mol. The summed E-state index contributed by atoms with van der Waals surface area (Å²) in [4.78, 5) is 12.3. The van der Waals surface area contributed by atoms with E-state index in [1.165, 1.54) is 40.9 Å². The number of aromatic nitrogens is 3. The van der Waals surface area contributed by atoms with Gasteiger partial charge in [-0.25, -0.2) is 4.98 Å². The van der Waals surface area contributed by atoms with Gasteiger partial charge in [-0.3, -0.25) is 4.98 Å². The van der Waals surface area contributed by atoms with Gasteiger partial charge in [-0.15, -0.1) is 41.7 Å². The third-order valence-electron chi connectivity index (χ3n) is 11.4. The molecule has 11 aromatic rings. The summed E-state index contributed by atoms with van der Waals surface area (Å²) in [5.41, 5.74) is 3.95. The van der Waals surface area contributed by atoms with Crippen molar-refractivity contribution in [2.75, 3.05) is 4.90 Å². The second-order valence-electron chi connectivity index (χ2n) is 14.4. The normalized spacial score (nSPS) is 13.1. The minimum atomic E-state index is -2.92. The van der Waals surface area contributed by atoms with E-state index in [2.05, 4.69) is 167 Å². The molecule has 0 saturated heterocycles. The Kier molecular flexibility index (Phi) is 8.19. The van der Waals surface area contributed by atoms with Crippen molar-refractivity contribution in [3.05, 3.63) is 195 Å². The van der Waals surface area contributed by atoms with Crippen LogP contribution in [-0.2, 0) is 21.1 Å². The first kappa shape index (κ1) is 34.8. The van der Waals surface area contributed by atoms with E-state index in [1.807, 2.05) is 48.1 Å². The molecule has 1 aliphatic heterocycles. The number of ether oxygens (including phenoxy) is 1. The van der Waals surface area contributed by atoms with Gasteiger partial charge in [0.25, 0.3) is 0 Å². The second kappa shape index (κ2) is 13.6. The number of hydrogen-bond acceptors (Lipinski definition) is 5. The molecule has 5 nitrogen and oxygen atoms in total. The molecule has 5 heterocycles. The zero-order valence-electron chi connectivity index (χ0n) is 30.7. The van der Waals surface area contributed by atoms with Gasteiger partial charge in [-0.2, -0.15) is 6.07 Å². The van der Waals surface area contributed by atoms with Crippen LogP contribution < -0.4 is 30.4 Å². The first-order valence-electron chi connectivity index (χ1n) is 19.0. The van der Waals surface area contributed by atoms with Crippen LogP contribution in [0.2, 0.25) is 0 Å². The summed E-state index contributed by atoms with van der Waals surface area (Å²) in [5, 5.41) is 10.8. The fraction of sp³-hybridized carbons (Fsp3) is 0. The Morgan fingerprint density at radius 3 is 2.12 bits per heavy atom. The predicted molar refractivity (Wildman–Crippen MR) is 237 cm³/mol. The largest absolute Gasteiger partial charge is 2.00 e. The summed E-state index contributed by atoms with van der Waals surface area (Å²) in [6, 6.07) is 65.9. The van der Waals surface area contributed by atoms with Crippen LogP contribution >= 0.6 is 11.3 Å². The monoisotopic (exact) mass is 957 g/mol. The molecule has 0 amide bonds. The first-order chi connectivity index (χ1) is 28.3. The van der Waals surface area contributed by atoms with Gasteiger partial charge in [0.2, 0.25) is 0 Å². The maximum atomic E-state index is 6.67. The maximum absolute atomic E-state index is 6.67. The van der Waals surface area contributed by atoms with Crippen molar-refractivity contribution < 1.29 is 25.8 Å². The van der Waals surface area contributed by atoms with Crippen LogP contribution in [0.1, 0.15) is 0 Å². The smallest absolute Gasteiger partial charge is 0.503 e. The van der Waals surface area contributed by atoms with E-state index >= 15 is 0 Å². The topological polar surface area (TPSA) is 42.7 Å². The third-order valence-corrected chi connectivity index (χ3v) is 17.4. The summed E-state index contributed by atoms with van der Waals surface area (Å²) in [6.07, 6.45) is 5.75. The SMILES string of the molecule is [Pt+2].[c-]1c(Oc2[c-]c3c(cc2)c2ccccc2n2ccnc32)cccc1N1c2ncccc2[Si](c2ccccc2)(c2ccccc2)c2ccc3sc4ccccc4c3c21. The number of rotatable bonds is 5. The van der Waals surface area contributed by atoms with E-state index in [9.17, 15) is 0 Å². The quantitative estimate of drug-likeness (QED) is 0.0980. The van der Waals surface area contributed by atoms with Crippen molar-refractivity contribution in [2.24, 2.45) is 0 Å². The van der Waals surface area contributed by atoms with E-state index < -0.39 is 8.07 Å². The Hall–Kier alpha value is -6.37. The Balaban J connectivity index is 0.00000385. The summed E-state index contributed by atoms with van der Waals surface area (Å²) < 4.78 is 11.3. The molecular formula is C50H30N4OPtSSi. The van der Waals surface area contributed by atoms with Crippen molar-refractivity contribution in [3.8, 4) is 11.5 Å². The molecule has 0 N–H and O–H groups in total. The molecule has 0 fully saturated rings. The van der Waals surface area contributed by atoms with E-state index in [1.54, 1.807) is 0 Å². The summed E-state index contributed by atoms with van der Waals surface area (Å²) >= 11 is 1.84. The zero-order valence-corrected chi connectivity index (χ0v) is 34.8. The molecule has 12 rings (SSSR count). The van der Waals surface area contributed by atoms with Crippen LogP contribution in [0, 0.1) is 12.1 Å². The molecule has 8 heteroatoms. The summed E-state index contributed by atoms with van der Waals surface area (Å²) in [5.74, 6) is 2.09. The standard InChI is InChI=1S/C50H30N4OSSi.Pt/c1-3-15-36(16-4-1)57(37-17-5-2-6-18-37)45-27-26-44-47(40-20-8-10-22-43(40)56-44)48(45)54(50-46(57)23-12-28-51-50)33-13-11-14-34(31-33)55-35-24-25-38-39-19-7-9-21-42(39)53-30-29-52-49(53)41(38)32-35;/h1-30H;/q-2;+2. The minimum Gasteiger partial charge on any atom is -0.503 e. The molecular weight excluding hydrogens is 928 g/mol. The summed E-state index contributed by atoms with van der Waals surface area (Å²) in [7, 11) is -2.92. The van der Waals surface area contributed by atoms with Crippen LogP contribution in [0.5, 0.6) is 11.5 Å². The maximum Gasteiger partial charge on any atom is 2.00 e. The number of fused-ring (bicyclic) bond motifs is 12. The van der Waals surface area contributed by atoms with Crippen LogP contribution in [0.3, 0.4) is 0 Å². The average Bonchev–Trinajstić information content (AvgIpc) is 3.93. The molecule has 0 atom stereocenters. The zero-order chi connectivity index (χ0) is 37.5. The molecule has 0 aliphatic carbocycles. The van der Waals surface area contributed by atoms with Crippen molar-refractivity contribution in [1.29, 1.82) is 0 Å². The number of hydrogen-bond donors (Lipinski definition) is 0. The minimum absolute atomic E-state index is 0. The van der Waals surface area contributed by atoms with Gasteiger partial charge in [0, 0.05) is 55.8 Å². The first-order valence-corrected chi connectivity index (χ1v) is 21.8.